The van der Waals surface area contributed by atoms with Gasteiger partial charge in [-0.3, -0.25) is 9.36 Å². The largest absolute Gasteiger partial charge is 0.507 e. The summed E-state index contributed by atoms with van der Waals surface area (Å²) in [6, 6.07) is 4.62. The molecule has 0 spiro atoms. The van der Waals surface area contributed by atoms with E-state index >= 15 is 0 Å². The average molecular weight is 444 g/mol. The van der Waals surface area contributed by atoms with E-state index in [-0.39, 0.29) is 29.2 Å². The van der Waals surface area contributed by atoms with Crippen LogP contribution in [0.1, 0.15) is 25.1 Å². The summed E-state index contributed by atoms with van der Waals surface area (Å²) in [5, 5.41) is 10.1. The van der Waals surface area contributed by atoms with E-state index in [1.165, 1.54) is 16.7 Å². The molecule has 1 aliphatic carbocycles. The van der Waals surface area contributed by atoms with Gasteiger partial charge in [0.25, 0.3) is 5.56 Å². The molecule has 1 N–H and O–H groups in total. The van der Waals surface area contributed by atoms with Crippen LogP contribution in [0, 0.1) is 0 Å². The molecular formula is C17H15F2IN2O2. The maximum Gasteiger partial charge on any atom is 0.269 e. The molecular weight excluding hydrogens is 429 g/mol. The van der Waals surface area contributed by atoms with Crippen LogP contribution in [0.4, 0.5) is 8.78 Å². The molecule has 3 rings (SSSR count). The van der Waals surface area contributed by atoms with Gasteiger partial charge in [0.15, 0.2) is 0 Å². The Bertz CT molecular complexity index is 921. The number of hydrogen-bond acceptors (Lipinski definition) is 3. The molecule has 1 aromatic heterocycles. The summed E-state index contributed by atoms with van der Waals surface area (Å²) in [5.74, 6) is -0.526. The highest BCUT2D eigenvalue weighted by atomic mass is 127. The number of halogens is 3. The van der Waals surface area contributed by atoms with Gasteiger partial charge in [-0.2, -0.15) is 0 Å². The van der Waals surface area contributed by atoms with Crippen LogP contribution >= 0.6 is 22.6 Å². The zero-order valence-corrected chi connectivity index (χ0v) is 15.0. The van der Waals surface area contributed by atoms with Crippen molar-refractivity contribution in [3.05, 3.63) is 52.4 Å². The van der Waals surface area contributed by atoms with E-state index in [1.54, 1.807) is 12.1 Å². The van der Waals surface area contributed by atoms with Gasteiger partial charge in [-0.25, -0.2) is 13.8 Å². The Labute approximate surface area is 150 Å². The van der Waals surface area contributed by atoms with Crippen molar-refractivity contribution in [2.75, 3.05) is 4.43 Å². The maximum atomic E-state index is 13.8. The lowest BCUT2D eigenvalue weighted by Gasteiger charge is -2.20. The van der Waals surface area contributed by atoms with Gasteiger partial charge in [0.05, 0.1) is 11.2 Å². The highest BCUT2D eigenvalue weighted by Crippen LogP contribution is 2.28. The molecule has 0 aliphatic heterocycles. The molecule has 4 nitrogen and oxygen atoms in total. The zero-order chi connectivity index (χ0) is 17.4. The number of alkyl halides is 2. The molecule has 126 valence electrons. The molecule has 1 aliphatic rings. The van der Waals surface area contributed by atoms with Crippen LogP contribution in [0.3, 0.4) is 0 Å². The molecule has 2 unspecified atom stereocenters. The number of benzene rings is 1. The summed E-state index contributed by atoms with van der Waals surface area (Å²) >= 11 is 2.17. The van der Waals surface area contributed by atoms with Crippen LogP contribution in [0.25, 0.3) is 16.6 Å². The molecule has 0 fully saturated rings. The molecule has 2 aromatic rings. The first kappa shape index (κ1) is 17.1. The van der Waals surface area contributed by atoms with E-state index in [4.69, 9.17) is 0 Å². The smallest absolute Gasteiger partial charge is 0.269 e. The lowest BCUT2D eigenvalue weighted by Crippen LogP contribution is -2.27. The number of aromatic nitrogens is 2. The van der Waals surface area contributed by atoms with Gasteiger partial charge in [-0.1, -0.05) is 35.6 Å². The number of phenols is 1. The van der Waals surface area contributed by atoms with Crippen molar-refractivity contribution < 1.29 is 13.9 Å². The van der Waals surface area contributed by atoms with Gasteiger partial charge in [-0.05, 0) is 24.3 Å². The van der Waals surface area contributed by atoms with Crippen molar-refractivity contribution in [1.82, 2.24) is 9.55 Å². The lowest BCUT2D eigenvalue weighted by atomic mass is 10.1. The lowest BCUT2D eigenvalue weighted by molar-refractivity contribution is 0.369. The van der Waals surface area contributed by atoms with Crippen LogP contribution in [0.5, 0.6) is 5.75 Å². The Morgan fingerprint density at radius 3 is 2.92 bits per heavy atom. The highest BCUT2D eigenvalue weighted by Gasteiger charge is 2.23. The Morgan fingerprint density at radius 2 is 2.25 bits per heavy atom. The molecule has 7 heteroatoms. The van der Waals surface area contributed by atoms with Crippen LogP contribution < -0.4 is 5.56 Å². The molecule has 0 radical (unpaired) electrons. The second-order valence-corrected chi connectivity index (χ2v) is 6.62. The first-order valence-corrected chi connectivity index (χ1v) is 8.98. The average Bonchev–Trinajstić information content (AvgIpc) is 2.52. The van der Waals surface area contributed by atoms with E-state index in [0.717, 1.165) is 6.08 Å². The molecule has 0 saturated heterocycles. The van der Waals surface area contributed by atoms with Gasteiger partial charge in [0.1, 0.15) is 29.0 Å². The standard InChI is InChI=1S/C17H15F2IN2O2/c1-9(8-20)16-21-13-3-2-4-14(23)15(13)17(24)22(16)12-6-10(18)5-11(19)7-12/h2-4,6-7,9-10,23H,5,8H2,1H3. The van der Waals surface area contributed by atoms with E-state index < -0.39 is 17.6 Å². The first-order valence-electron chi connectivity index (χ1n) is 7.45. The van der Waals surface area contributed by atoms with Crippen molar-refractivity contribution in [1.29, 1.82) is 0 Å². The molecule has 2 atom stereocenters. The van der Waals surface area contributed by atoms with Crippen molar-refractivity contribution in [2.24, 2.45) is 0 Å². The third-order valence-electron chi connectivity index (χ3n) is 3.88. The quantitative estimate of drug-likeness (QED) is 0.574. The number of allylic oxidation sites excluding steroid dienone is 4. The minimum absolute atomic E-state index is 0.0394. The number of hydrogen-bond donors (Lipinski definition) is 1. The van der Waals surface area contributed by atoms with E-state index in [0.29, 0.717) is 15.8 Å². The molecule has 0 amide bonds. The highest BCUT2D eigenvalue weighted by molar-refractivity contribution is 14.1. The maximum absolute atomic E-state index is 13.8. The summed E-state index contributed by atoms with van der Waals surface area (Å²) in [7, 11) is 0. The van der Waals surface area contributed by atoms with Crippen LogP contribution in [-0.2, 0) is 0 Å². The Hall–Kier alpha value is -1.77. The first-order chi connectivity index (χ1) is 11.4. The summed E-state index contributed by atoms with van der Waals surface area (Å²) in [6.45, 7) is 1.88. The summed E-state index contributed by atoms with van der Waals surface area (Å²) < 4.78 is 29.3. The van der Waals surface area contributed by atoms with Gasteiger partial charge in [0.2, 0.25) is 0 Å². The molecule has 0 bridgehead atoms. The normalized spacial score (nSPS) is 19.1. The molecule has 1 heterocycles. The zero-order valence-electron chi connectivity index (χ0n) is 12.8. The molecule has 0 saturated carbocycles. The molecule has 24 heavy (non-hydrogen) atoms. The van der Waals surface area contributed by atoms with Crippen LogP contribution in [-0.4, -0.2) is 25.3 Å². The van der Waals surface area contributed by atoms with E-state index in [1.807, 2.05) is 6.92 Å². The van der Waals surface area contributed by atoms with E-state index in [9.17, 15) is 18.7 Å². The van der Waals surface area contributed by atoms with Crippen molar-refractivity contribution in [3.63, 3.8) is 0 Å². The van der Waals surface area contributed by atoms with E-state index in [2.05, 4.69) is 27.6 Å². The minimum atomic E-state index is -1.50. The minimum Gasteiger partial charge on any atom is -0.507 e. The second-order valence-electron chi connectivity index (χ2n) is 5.74. The number of nitrogens with zero attached hydrogens (tertiary/aromatic N) is 2. The predicted molar refractivity (Wildman–Crippen MR) is 97.9 cm³/mol. The van der Waals surface area contributed by atoms with Gasteiger partial charge in [0, 0.05) is 16.8 Å². The summed E-state index contributed by atoms with van der Waals surface area (Å²) in [6.07, 6.45) is 0.525. The van der Waals surface area contributed by atoms with Crippen molar-refractivity contribution in [3.8, 4) is 5.75 Å². The summed E-state index contributed by atoms with van der Waals surface area (Å²) in [4.78, 5) is 17.4. The Kier molecular flexibility index (Phi) is 4.71. The fourth-order valence-corrected chi connectivity index (χ4v) is 3.11. The third-order valence-corrected chi connectivity index (χ3v) is 5.20. The summed E-state index contributed by atoms with van der Waals surface area (Å²) in [5.41, 5.74) is -0.0598. The Balaban J connectivity index is 2.39. The molecule has 1 aromatic carbocycles. The number of phenolic OH excluding ortho intramolecular Hbond substituents is 1. The van der Waals surface area contributed by atoms with Crippen molar-refractivity contribution in [2.45, 2.75) is 25.4 Å². The Morgan fingerprint density at radius 1 is 1.50 bits per heavy atom. The van der Waals surface area contributed by atoms with Crippen molar-refractivity contribution >= 4 is 39.2 Å². The fraction of sp³-hybridized carbons (Fsp3) is 0.294. The topological polar surface area (TPSA) is 55.1 Å². The second kappa shape index (κ2) is 6.62. The van der Waals surface area contributed by atoms with Gasteiger partial charge in [-0.15, -0.1) is 0 Å². The predicted octanol–water partition coefficient (Wildman–Crippen LogP) is 4.08. The monoisotopic (exact) mass is 444 g/mol. The van der Waals surface area contributed by atoms with Crippen LogP contribution in [0.15, 0.2) is 41.0 Å². The number of fused-ring (bicyclic) bond motifs is 1. The number of aromatic hydroxyl groups is 1. The fourth-order valence-electron chi connectivity index (χ4n) is 2.72. The van der Waals surface area contributed by atoms with Crippen LogP contribution in [0.2, 0.25) is 0 Å². The third kappa shape index (κ3) is 2.97. The van der Waals surface area contributed by atoms with Gasteiger partial charge < -0.3 is 5.11 Å². The van der Waals surface area contributed by atoms with Gasteiger partial charge >= 0.3 is 0 Å². The number of rotatable bonds is 3. The SMILES string of the molecule is CC(CI)c1nc2cccc(O)c2c(=O)n1C1=CC(F)CC(F)=C1.